The SMILES string of the molecule is C[C@]12C[C@@H](F)C(=O)C[C@@H]1CC[C@@H]1[C@@H]2CC[C@]2(C)[C@@H](OC(=O)c3ccccc3)CC[C@@H]12. The summed E-state index contributed by atoms with van der Waals surface area (Å²) in [4.78, 5) is 24.7. The molecule has 8 atom stereocenters. The van der Waals surface area contributed by atoms with Gasteiger partial charge in [0.2, 0.25) is 0 Å². The summed E-state index contributed by atoms with van der Waals surface area (Å²) >= 11 is 0. The zero-order valence-corrected chi connectivity index (χ0v) is 18.1. The fourth-order valence-corrected chi connectivity index (χ4v) is 7.98. The molecule has 1 aromatic carbocycles. The Kier molecular flexibility index (Phi) is 4.83. The van der Waals surface area contributed by atoms with Gasteiger partial charge in [0.05, 0.1) is 5.56 Å². The van der Waals surface area contributed by atoms with E-state index in [0.717, 1.165) is 38.5 Å². The summed E-state index contributed by atoms with van der Waals surface area (Å²) in [6.45, 7) is 4.58. The van der Waals surface area contributed by atoms with Crippen molar-refractivity contribution < 1.29 is 18.7 Å². The van der Waals surface area contributed by atoms with Crippen molar-refractivity contribution in [2.75, 3.05) is 0 Å². The Balaban J connectivity index is 1.35. The Morgan fingerprint density at radius 1 is 1.00 bits per heavy atom. The van der Waals surface area contributed by atoms with E-state index in [2.05, 4.69) is 13.8 Å². The molecule has 0 bridgehead atoms. The van der Waals surface area contributed by atoms with E-state index in [4.69, 9.17) is 4.74 Å². The van der Waals surface area contributed by atoms with Gasteiger partial charge in [-0.05, 0) is 86.2 Å². The molecule has 0 N–H and O–H groups in total. The van der Waals surface area contributed by atoms with E-state index < -0.39 is 6.17 Å². The van der Waals surface area contributed by atoms with Gasteiger partial charge in [-0.3, -0.25) is 4.79 Å². The van der Waals surface area contributed by atoms with Crippen LogP contribution in [0.1, 0.15) is 75.6 Å². The summed E-state index contributed by atoms with van der Waals surface area (Å²) in [6, 6.07) is 9.27. The van der Waals surface area contributed by atoms with Gasteiger partial charge in [-0.1, -0.05) is 32.0 Å². The molecule has 0 aliphatic heterocycles. The van der Waals surface area contributed by atoms with Crippen LogP contribution in [0, 0.1) is 34.5 Å². The number of hydrogen-bond acceptors (Lipinski definition) is 3. The molecule has 1 aromatic rings. The number of benzene rings is 1. The Morgan fingerprint density at radius 3 is 2.50 bits per heavy atom. The number of carbonyl (C=O) groups is 2. The summed E-state index contributed by atoms with van der Waals surface area (Å²) in [6.07, 6.45) is 5.80. The number of Topliss-reactive ketones (excluding diaryl/α,β-unsaturated/α-hetero) is 1. The summed E-state index contributed by atoms with van der Waals surface area (Å²) in [5.41, 5.74) is 0.567. The fourth-order valence-electron chi connectivity index (χ4n) is 7.98. The molecule has 4 fully saturated rings. The zero-order valence-electron chi connectivity index (χ0n) is 18.1. The minimum absolute atomic E-state index is 0.00834. The molecular weight excluding hydrogens is 379 g/mol. The second-order valence-corrected chi connectivity index (χ2v) is 10.9. The van der Waals surface area contributed by atoms with Crippen molar-refractivity contribution in [3.8, 4) is 0 Å². The summed E-state index contributed by atoms with van der Waals surface area (Å²) in [7, 11) is 0. The van der Waals surface area contributed by atoms with Gasteiger partial charge in [0.15, 0.2) is 12.0 Å². The maximum absolute atomic E-state index is 14.5. The highest BCUT2D eigenvalue weighted by Gasteiger charge is 2.62. The standard InChI is InChI=1S/C26H33FO3/c1-25-13-12-20-18(9-8-17-14-22(28)21(27)15-26(17,20)2)19(25)10-11-23(25)30-24(29)16-6-4-3-5-7-16/h3-7,17-21,23H,8-15H2,1-2H3/t17-,18-,19-,20-,21+,23-,25-,26-/m0/s1. The third kappa shape index (κ3) is 2.97. The van der Waals surface area contributed by atoms with Crippen molar-refractivity contribution in [2.45, 2.75) is 77.5 Å². The number of ether oxygens (including phenoxy) is 1. The van der Waals surface area contributed by atoms with Gasteiger partial charge in [-0.2, -0.15) is 0 Å². The lowest BCUT2D eigenvalue weighted by molar-refractivity contribution is -0.151. The largest absolute Gasteiger partial charge is 0.458 e. The number of halogens is 1. The number of hydrogen-bond donors (Lipinski definition) is 0. The predicted octanol–water partition coefficient (Wildman–Crippen LogP) is 5.77. The van der Waals surface area contributed by atoms with Crippen molar-refractivity contribution in [3.63, 3.8) is 0 Å². The van der Waals surface area contributed by atoms with Crippen LogP contribution in [-0.4, -0.2) is 24.0 Å². The van der Waals surface area contributed by atoms with E-state index in [1.807, 2.05) is 30.3 Å². The summed E-state index contributed by atoms with van der Waals surface area (Å²) < 4.78 is 20.5. The molecule has 4 aliphatic carbocycles. The highest BCUT2D eigenvalue weighted by Crippen LogP contribution is 2.66. The molecule has 0 amide bonds. The van der Waals surface area contributed by atoms with Crippen molar-refractivity contribution in [3.05, 3.63) is 35.9 Å². The highest BCUT2D eigenvalue weighted by molar-refractivity contribution is 5.89. The average Bonchev–Trinajstić information content (AvgIpc) is 3.06. The maximum atomic E-state index is 14.5. The Bertz CT molecular complexity index is 838. The second kappa shape index (κ2) is 7.17. The topological polar surface area (TPSA) is 43.4 Å². The first-order valence-electron chi connectivity index (χ1n) is 11.8. The fraction of sp³-hybridized carbons (Fsp3) is 0.692. The first-order chi connectivity index (χ1) is 14.3. The average molecular weight is 413 g/mol. The molecule has 0 radical (unpaired) electrons. The number of esters is 1. The van der Waals surface area contributed by atoms with E-state index in [1.54, 1.807) is 0 Å². The van der Waals surface area contributed by atoms with Gasteiger partial charge in [0, 0.05) is 11.8 Å². The smallest absolute Gasteiger partial charge is 0.338 e. The van der Waals surface area contributed by atoms with Crippen LogP contribution >= 0.6 is 0 Å². The summed E-state index contributed by atoms with van der Waals surface area (Å²) in [5.74, 6) is 1.53. The van der Waals surface area contributed by atoms with Crippen LogP contribution in [0.15, 0.2) is 30.3 Å². The molecule has 4 aliphatic rings. The lowest BCUT2D eigenvalue weighted by atomic mass is 9.45. The number of rotatable bonds is 2. The molecule has 0 spiro atoms. The van der Waals surface area contributed by atoms with Crippen molar-refractivity contribution in [2.24, 2.45) is 34.5 Å². The molecule has 4 saturated carbocycles. The Hall–Kier alpha value is -1.71. The number of fused-ring (bicyclic) bond motifs is 5. The van der Waals surface area contributed by atoms with Crippen LogP contribution in [0.3, 0.4) is 0 Å². The van der Waals surface area contributed by atoms with Crippen LogP contribution in [0.4, 0.5) is 4.39 Å². The van der Waals surface area contributed by atoms with Gasteiger partial charge >= 0.3 is 5.97 Å². The number of alkyl halides is 1. The summed E-state index contributed by atoms with van der Waals surface area (Å²) in [5, 5.41) is 0. The van der Waals surface area contributed by atoms with E-state index in [-0.39, 0.29) is 28.7 Å². The molecule has 5 rings (SSSR count). The van der Waals surface area contributed by atoms with Gasteiger partial charge < -0.3 is 4.74 Å². The van der Waals surface area contributed by atoms with Crippen molar-refractivity contribution >= 4 is 11.8 Å². The van der Waals surface area contributed by atoms with Gasteiger partial charge in [0.25, 0.3) is 0 Å². The van der Waals surface area contributed by atoms with E-state index in [0.29, 0.717) is 42.1 Å². The Labute approximate surface area is 178 Å². The van der Waals surface area contributed by atoms with E-state index >= 15 is 0 Å². The molecule has 0 saturated heterocycles. The lowest BCUT2D eigenvalue weighted by Crippen LogP contribution is -2.56. The number of carbonyl (C=O) groups excluding carboxylic acids is 2. The number of ketones is 1. The van der Waals surface area contributed by atoms with E-state index in [9.17, 15) is 14.0 Å². The van der Waals surface area contributed by atoms with Crippen LogP contribution in [-0.2, 0) is 9.53 Å². The quantitative estimate of drug-likeness (QED) is 0.579. The van der Waals surface area contributed by atoms with E-state index in [1.165, 1.54) is 0 Å². The highest BCUT2D eigenvalue weighted by atomic mass is 19.1. The molecule has 3 nitrogen and oxygen atoms in total. The van der Waals surface area contributed by atoms with Crippen LogP contribution < -0.4 is 0 Å². The first-order valence-corrected chi connectivity index (χ1v) is 11.8. The molecule has 4 heteroatoms. The molecule has 0 unspecified atom stereocenters. The lowest BCUT2D eigenvalue weighted by Gasteiger charge is -2.60. The van der Waals surface area contributed by atoms with Gasteiger partial charge in [0.1, 0.15) is 6.10 Å². The maximum Gasteiger partial charge on any atom is 0.338 e. The van der Waals surface area contributed by atoms with Gasteiger partial charge in [-0.25, -0.2) is 9.18 Å². The zero-order chi connectivity index (χ0) is 21.1. The van der Waals surface area contributed by atoms with Crippen LogP contribution in [0.25, 0.3) is 0 Å². The first kappa shape index (κ1) is 20.2. The Morgan fingerprint density at radius 2 is 1.73 bits per heavy atom. The third-order valence-electron chi connectivity index (χ3n) is 9.65. The minimum atomic E-state index is -1.28. The van der Waals surface area contributed by atoms with Crippen molar-refractivity contribution in [1.29, 1.82) is 0 Å². The second-order valence-electron chi connectivity index (χ2n) is 10.9. The monoisotopic (exact) mass is 412 g/mol. The normalized spacial score (nSPS) is 45.2. The van der Waals surface area contributed by atoms with Crippen LogP contribution in [0.2, 0.25) is 0 Å². The van der Waals surface area contributed by atoms with Gasteiger partial charge in [-0.15, -0.1) is 0 Å². The predicted molar refractivity (Wildman–Crippen MR) is 113 cm³/mol. The van der Waals surface area contributed by atoms with Crippen LogP contribution in [0.5, 0.6) is 0 Å². The molecule has 0 heterocycles. The molecule has 0 aromatic heterocycles. The molecular formula is C26H33FO3. The minimum Gasteiger partial charge on any atom is -0.458 e. The molecule has 162 valence electrons. The van der Waals surface area contributed by atoms with Crippen molar-refractivity contribution in [1.82, 2.24) is 0 Å². The molecule has 30 heavy (non-hydrogen) atoms. The third-order valence-corrected chi connectivity index (χ3v) is 9.65.